The van der Waals surface area contributed by atoms with E-state index in [2.05, 4.69) is 9.97 Å². The minimum atomic E-state index is -0.742. The molecule has 0 saturated heterocycles. The molecule has 0 bridgehead atoms. The Morgan fingerprint density at radius 3 is 2.95 bits per heavy atom. The summed E-state index contributed by atoms with van der Waals surface area (Å²) in [4.78, 5) is 28.8. The minimum absolute atomic E-state index is 0.00291. The lowest BCUT2D eigenvalue weighted by Crippen LogP contribution is -2.24. The van der Waals surface area contributed by atoms with Crippen molar-refractivity contribution in [2.45, 2.75) is 13.3 Å². The Kier molecular flexibility index (Phi) is 3.64. The molecule has 0 aliphatic carbocycles. The zero-order valence-corrected chi connectivity index (χ0v) is 11.9. The summed E-state index contributed by atoms with van der Waals surface area (Å²) in [6.45, 7) is 2.26. The van der Waals surface area contributed by atoms with E-state index >= 15 is 0 Å². The van der Waals surface area contributed by atoms with Gasteiger partial charge in [0.2, 0.25) is 5.89 Å². The van der Waals surface area contributed by atoms with Crippen LogP contribution >= 0.6 is 0 Å². The largest absolute Gasteiger partial charge is 0.493 e. The smallest absolute Gasteiger partial charge is 0.351 e. The number of hydrogen-bond donors (Lipinski definition) is 2. The minimum Gasteiger partial charge on any atom is -0.493 e. The first-order valence-corrected chi connectivity index (χ1v) is 6.81. The van der Waals surface area contributed by atoms with Crippen LogP contribution in [0.3, 0.4) is 0 Å². The third-order valence-corrected chi connectivity index (χ3v) is 3.34. The predicted molar refractivity (Wildman–Crippen MR) is 79.5 cm³/mol. The first-order valence-electron chi connectivity index (χ1n) is 6.81. The Balaban J connectivity index is 2.18. The van der Waals surface area contributed by atoms with Crippen molar-refractivity contribution < 1.29 is 14.3 Å². The number of rotatable bonds is 4. The van der Waals surface area contributed by atoms with E-state index < -0.39 is 11.2 Å². The van der Waals surface area contributed by atoms with Gasteiger partial charge in [0.25, 0.3) is 5.56 Å². The number of ether oxygens (including phenoxy) is 1. The molecule has 0 aromatic heterocycles. The topological polar surface area (TPSA) is 105 Å². The fourth-order valence-corrected chi connectivity index (χ4v) is 2.25. The molecule has 0 saturated carbocycles. The van der Waals surface area contributed by atoms with Gasteiger partial charge >= 0.3 is 5.69 Å². The van der Waals surface area contributed by atoms with E-state index in [4.69, 9.17) is 14.3 Å². The van der Waals surface area contributed by atoms with Crippen LogP contribution in [0, 0.1) is 6.92 Å². The molecule has 114 valence electrons. The zero-order valence-electron chi connectivity index (χ0n) is 11.9. The molecule has 1 aromatic carbocycles. The molecule has 7 nitrogen and oxygen atoms in total. The molecule has 2 N–H and O–H groups in total. The Labute approximate surface area is 124 Å². The summed E-state index contributed by atoms with van der Waals surface area (Å²) in [6.07, 6.45) is 0.531. The molecule has 7 heteroatoms. The first-order chi connectivity index (χ1) is 10.6. The van der Waals surface area contributed by atoms with Crippen LogP contribution in [0.2, 0.25) is 0 Å². The molecular formula is C15H14N2O5. The Hall–Kier alpha value is -2.67. The number of fused-ring (bicyclic) bond motifs is 2. The van der Waals surface area contributed by atoms with E-state index in [-0.39, 0.29) is 18.1 Å². The van der Waals surface area contributed by atoms with Gasteiger partial charge in [0, 0.05) is 24.0 Å². The summed E-state index contributed by atoms with van der Waals surface area (Å²) >= 11 is 0. The van der Waals surface area contributed by atoms with Crippen LogP contribution in [0.25, 0.3) is 22.4 Å². The van der Waals surface area contributed by atoms with Gasteiger partial charge in [-0.25, -0.2) is 4.79 Å². The summed E-state index contributed by atoms with van der Waals surface area (Å²) in [5.41, 5.74) is 0.203. The van der Waals surface area contributed by atoms with Gasteiger partial charge in [0.05, 0.1) is 6.61 Å². The second-order valence-corrected chi connectivity index (χ2v) is 4.87. The molecule has 0 unspecified atom stereocenters. The number of aromatic nitrogens is 2. The summed E-state index contributed by atoms with van der Waals surface area (Å²) in [6, 6.07) is 5.17. The van der Waals surface area contributed by atoms with Crippen molar-refractivity contribution in [1.29, 1.82) is 0 Å². The van der Waals surface area contributed by atoms with Gasteiger partial charge in [-0.05, 0) is 25.1 Å². The molecule has 22 heavy (non-hydrogen) atoms. The molecule has 2 aliphatic heterocycles. The molecular weight excluding hydrogens is 288 g/mol. The SMILES string of the molecule is Cc1c(OCCCO)ccc2cc3c(=O)[nH]c(=O)nc-3oc12. The quantitative estimate of drug-likeness (QED) is 0.551. The number of aryl methyl sites for hydroxylation is 1. The second kappa shape index (κ2) is 5.61. The maximum Gasteiger partial charge on any atom is 0.351 e. The molecule has 0 radical (unpaired) electrons. The van der Waals surface area contributed by atoms with Gasteiger partial charge in [0.1, 0.15) is 16.9 Å². The normalized spacial score (nSPS) is 11.2. The van der Waals surface area contributed by atoms with Crippen molar-refractivity contribution >= 4 is 11.0 Å². The van der Waals surface area contributed by atoms with E-state index in [1.54, 1.807) is 18.2 Å². The van der Waals surface area contributed by atoms with Gasteiger partial charge in [-0.2, -0.15) is 4.98 Å². The highest BCUT2D eigenvalue weighted by Crippen LogP contribution is 2.31. The second-order valence-electron chi connectivity index (χ2n) is 4.87. The van der Waals surface area contributed by atoms with Crippen molar-refractivity contribution in [2.75, 3.05) is 13.2 Å². The highest BCUT2D eigenvalue weighted by molar-refractivity contribution is 5.85. The molecule has 1 aromatic rings. The van der Waals surface area contributed by atoms with Crippen LogP contribution in [0.4, 0.5) is 0 Å². The molecule has 0 fully saturated rings. The maximum atomic E-state index is 11.8. The third-order valence-electron chi connectivity index (χ3n) is 3.34. The van der Waals surface area contributed by atoms with Crippen LogP contribution in [0.5, 0.6) is 5.75 Å². The molecule has 2 aliphatic rings. The van der Waals surface area contributed by atoms with Crippen LogP contribution in [0.15, 0.2) is 32.2 Å². The predicted octanol–water partition coefficient (Wildman–Crippen LogP) is 1.05. The van der Waals surface area contributed by atoms with Crippen LogP contribution in [-0.2, 0) is 0 Å². The highest BCUT2D eigenvalue weighted by atomic mass is 16.5. The van der Waals surface area contributed by atoms with Gasteiger partial charge in [0.15, 0.2) is 0 Å². The number of aliphatic hydroxyl groups is 1. The number of nitrogens with one attached hydrogen (secondary N) is 1. The van der Waals surface area contributed by atoms with Crippen molar-refractivity contribution in [3.63, 3.8) is 0 Å². The summed E-state index contributed by atoms with van der Waals surface area (Å²) in [5, 5.41) is 9.50. The van der Waals surface area contributed by atoms with Gasteiger partial charge in [-0.3, -0.25) is 9.78 Å². The fourth-order valence-electron chi connectivity index (χ4n) is 2.25. The summed E-state index contributed by atoms with van der Waals surface area (Å²) in [5.74, 6) is 0.619. The molecule has 0 atom stereocenters. The molecule has 2 heterocycles. The lowest BCUT2D eigenvalue weighted by molar-refractivity contribution is 0.233. The maximum absolute atomic E-state index is 11.8. The average Bonchev–Trinajstić information content (AvgIpc) is 2.49. The average molecular weight is 302 g/mol. The van der Waals surface area contributed by atoms with Crippen LogP contribution < -0.4 is 16.0 Å². The van der Waals surface area contributed by atoms with Crippen molar-refractivity contribution in [1.82, 2.24) is 9.97 Å². The first kappa shape index (κ1) is 14.3. The van der Waals surface area contributed by atoms with E-state index in [0.29, 0.717) is 29.7 Å². The zero-order chi connectivity index (χ0) is 15.7. The van der Waals surface area contributed by atoms with Crippen molar-refractivity contribution in [3.05, 3.63) is 44.6 Å². The van der Waals surface area contributed by atoms with Gasteiger partial charge in [-0.15, -0.1) is 0 Å². The Bertz CT molecular complexity index is 912. The van der Waals surface area contributed by atoms with E-state index in [9.17, 15) is 9.59 Å². The summed E-state index contributed by atoms with van der Waals surface area (Å²) < 4.78 is 11.2. The fraction of sp³-hybridized carbons (Fsp3) is 0.267. The standard InChI is InChI=1S/C15H14N2O5/c1-8-11(21-6-2-5-18)4-3-9-7-10-13(19)16-15(20)17-14(10)22-12(8)9/h3-4,7,18H,2,5-6H2,1H3,(H,16,19,20). The molecule has 3 rings (SSSR count). The van der Waals surface area contributed by atoms with Gasteiger partial charge < -0.3 is 14.3 Å². The lowest BCUT2D eigenvalue weighted by Gasteiger charge is -2.11. The molecule has 0 spiro atoms. The number of nitrogens with zero attached hydrogens (tertiary/aromatic N) is 1. The third kappa shape index (κ3) is 2.46. The van der Waals surface area contributed by atoms with E-state index in [0.717, 1.165) is 5.56 Å². The van der Waals surface area contributed by atoms with E-state index in [1.807, 2.05) is 6.92 Å². The Morgan fingerprint density at radius 2 is 2.18 bits per heavy atom. The Morgan fingerprint density at radius 1 is 1.36 bits per heavy atom. The summed E-state index contributed by atoms with van der Waals surface area (Å²) in [7, 11) is 0. The van der Waals surface area contributed by atoms with Crippen molar-refractivity contribution in [2.24, 2.45) is 0 Å². The monoisotopic (exact) mass is 302 g/mol. The number of aliphatic hydroxyl groups excluding tert-OH is 1. The number of aromatic amines is 1. The lowest BCUT2D eigenvalue weighted by atomic mass is 10.1. The number of benzene rings is 1. The molecule has 0 amide bonds. The number of hydrogen-bond acceptors (Lipinski definition) is 6. The van der Waals surface area contributed by atoms with E-state index in [1.165, 1.54) is 0 Å². The van der Waals surface area contributed by atoms with Crippen LogP contribution in [-0.4, -0.2) is 28.3 Å². The van der Waals surface area contributed by atoms with Crippen LogP contribution in [0.1, 0.15) is 12.0 Å². The number of H-pyrrole nitrogens is 1. The van der Waals surface area contributed by atoms with Crippen molar-refractivity contribution in [3.8, 4) is 17.2 Å². The van der Waals surface area contributed by atoms with Gasteiger partial charge in [-0.1, -0.05) is 0 Å². The highest BCUT2D eigenvalue weighted by Gasteiger charge is 2.16.